The number of hydrogen-bond donors (Lipinski definition) is 1. The van der Waals surface area contributed by atoms with Gasteiger partial charge in [0.25, 0.3) is 0 Å². The van der Waals surface area contributed by atoms with Crippen molar-refractivity contribution >= 4 is 29.0 Å². The van der Waals surface area contributed by atoms with Crippen molar-refractivity contribution in [3.05, 3.63) is 51.2 Å². The van der Waals surface area contributed by atoms with Gasteiger partial charge < -0.3 is 15.4 Å². The second-order valence-electron chi connectivity index (χ2n) is 6.12. The highest BCUT2D eigenvalue weighted by molar-refractivity contribution is 6.32. The van der Waals surface area contributed by atoms with Crippen LogP contribution in [0, 0.1) is 17.0 Å². The van der Waals surface area contributed by atoms with E-state index in [0.29, 0.717) is 12.2 Å². The molecule has 3 rings (SSSR count). The Morgan fingerprint density at radius 3 is 2.71 bits per heavy atom. The molecule has 3 aromatic heterocycles. The molecule has 11 nitrogen and oxygen atoms in total. The van der Waals surface area contributed by atoms with Gasteiger partial charge in [-0.15, -0.1) is 0 Å². The number of aromatic nitrogens is 6. The molecule has 0 radical (unpaired) electrons. The van der Waals surface area contributed by atoms with Crippen LogP contribution >= 0.6 is 11.6 Å². The van der Waals surface area contributed by atoms with Gasteiger partial charge in [-0.25, -0.2) is 0 Å². The molecule has 0 spiro atoms. The SMILES string of the molecule is CCn1ncc(Cn2cc(NC(=O)CCn3cc(Cl)c([N+](=O)[O-])n3)cn2)c1C. The zero-order chi connectivity index (χ0) is 20.3. The first-order valence-corrected chi connectivity index (χ1v) is 8.96. The van der Waals surface area contributed by atoms with Crippen molar-refractivity contribution in [2.45, 2.75) is 39.9 Å². The molecule has 1 N–H and O–H groups in total. The average molecular weight is 407 g/mol. The Morgan fingerprint density at radius 1 is 1.29 bits per heavy atom. The van der Waals surface area contributed by atoms with Crippen molar-refractivity contribution in [3.8, 4) is 0 Å². The Bertz CT molecular complexity index is 1010. The lowest BCUT2D eigenvalue weighted by Crippen LogP contribution is -2.14. The van der Waals surface area contributed by atoms with Gasteiger partial charge in [-0.1, -0.05) is 11.6 Å². The van der Waals surface area contributed by atoms with Crippen LogP contribution in [0.4, 0.5) is 11.5 Å². The van der Waals surface area contributed by atoms with Crippen LogP contribution in [-0.2, 0) is 24.4 Å². The third-order valence-corrected chi connectivity index (χ3v) is 4.46. The fourth-order valence-electron chi connectivity index (χ4n) is 2.71. The van der Waals surface area contributed by atoms with E-state index in [-0.39, 0.29) is 23.9 Å². The molecule has 28 heavy (non-hydrogen) atoms. The van der Waals surface area contributed by atoms with E-state index in [0.717, 1.165) is 17.8 Å². The lowest BCUT2D eigenvalue weighted by Gasteiger charge is -2.03. The zero-order valence-corrected chi connectivity index (χ0v) is 16.1. The fourth-order valence-corrected chi connectivity index (χ4v) is 2.93. The minimum Gasteiger partial charge on any atom is -0.358 e. The van der Waals surface area contributed by atoms with Crippen molar-refractivity contribution < 1.29 is 9.72 Å². The maximum atomic E-state index is 12.1. The van der Waals surface area contributed by atoms with Gasteiger partial charge >= 0.3 is 5.82 Å². The van der Waals surface area contributed by atoms with E-state index in [9.17, 15) is 14.9 Å². The number of nitrogens with one attached hydrogen (secondary N) is 1. The van der Waals surface area contributed by atoms with Gasteiger partial charge in [0.05, 0.1) is 42.5 Å². The monoisotopic (exact) mass is 406 g/mol. The number of rotatable bonds is 8. The largest absolute Gasteiger partial charge is 0.408 e. The summed E-state index contributed by atoms with van der Waals surface area (Å²) < 4.78 is 4.90. The van der Waals surface area contributed by atoms with Crippen LogP contribution < -0.4 is 5.32 Å². The van der Waals surface area contributed by atoms with Gasteiger partial charge in [-0.2, -0.15) is 14.9 Å². The quantitative estimate of drug-likeness (QED) is 0.451. The summed E-state index contributed by atoms with van der Waals surface area (Å²) in [4.78, 5) is 22.2. The lowest BCUT2D eigenvalue weighted by atomic mass is 10.2. The average Bonchev–Trinajstić information content (AvgIpc) is 3.34. The predicted molar refractivity (Wildman–Crippen MR) is 101 cm³/mol. The molecule has 3 aromatic rings. The Balaban J connectivity index is 1.54. The molecule has 3 heterocycles. The lowest BCUT2D eigenvalue weighted by molar-refractivity contribution is -0.389. The van der Waals surface area contributed by atoms with Crippen LogP contribution in [0.5, 0.6) is 0 Å². The Hall–Kier alpha value is -3.21. The molecule has 0 bridgehead atoms. The van der Waals surface area contributed by atoms with E-state index in [1.54, 1.807) is 17.1 Å². The molecular weight excluding hydrogens is 388 g/mol. The Labute approximate surface area is 165 Å². The third-order valence-electron chi connectivity index (χ3n) is 4.19. The first-order chi connectivity index (χ1) is 13.4. The zero-order valence-electron chi connectivity index (χ0n) is 15.4. The second kappa shape index (κ2) is 8.21. The molecule has 0 fully saturated rings. The van der Waals surface area contributed by atoms with Gasteiger partial charge in [-0.05, 0) is 18.8 Å². The van der Waals surface area contributed by atoms with Crippen LogP contribution in [0.3, 0.4) is 0 Å². The van der Waals surface area contributed by atoms with Crippen LogP contribution in [0.1, 0.15) is 24.6 Å². The van der Waals surface area contributed by atoms with Gasteiger partial charge in [0.15, 0.2) is 5.02 Å². The van der Waals surface area contributed by atoms with E-state index >= 15 is 0 Å². The molecular formula is C16H19ClN8O3. The first-order valence-electron chi connectivity index (χ1n) is 8.58. The number of hydrogen-bond acceptors (Lipinski definition) is 6. The Kier molecular flexibility index (Phi) is 5.73. The van der Waals surface area contributed by atoms with Crippen LogP contribution in [0.2, 0.25) is 5.02 Å². The molecule has 0 atom stereocenters. The summed E-state index contributed by atoms with van der Waals surface area (Å²) >= 11 is 5.73. The molecule has 0 aliphatic carbocycles. The summed E-state index contributed by atoms with van der Waals surface area (Å²) in [6.45, 7) is 5.56. The Morgan fingerprint density at radius 2 is 2.07 bits per heavy atom. The van der Waals surface area contributed by atoms with Crippen LogP contribution in [-0.4, -0.2) is 40.2 Å². The standard InChI is InChI=1S/C16H19ClN8O3/c1-3-24-11(2)12(6-19-24)8-23-9-13(7-18-23)20-15(26)4-5-22-10-14(17)16(21-22)25(27)28/h6-7,9-10H,3-5,8H2,1-2H3,(H,20,26). The van der Waals surface area contributed by atoms with E-state index in [2.05, 4.69) is 20.6 Å². The van der Waals surface area contributed by atoms with E-state index < -0.39 is 10.7 Å². The summed E-state index contributed by atoms with van der Waals surface area (Å²) in [6, 6.07) is 0. The highest BCUT2D eigenvalue weighted by Gasteiger charge is 2.19. The highest BCUT2D eigenvalue weighted by Crippen LogP contribution is 2.21. The molecule has 0 unspecified atom stereocenters. The van der Waals surface area contributed by atoms with Crippen LogP contribution in [0.15, 0.2) is 24.8 Å². The molecule has 148 valence electrons. The van der Waals surface area contributed by atoms with Crippen molar-refractivity contribution in [2.24, 2.45) is 0 Å². The topological polar surface area (TPSA) is 126 Å². The molecule has 0 aromatic carbocycles. The molecule has 1 amide bonds. The normalized spacial score (nSPS) is 11.0. The smallest absolute Gasteiger partial charge is 0.358 e. The van der Waals surface area contributed by atoms with Crippen molar-refractivity contribution in [2.75, 3.05) is 5.32 Å². The summed E-state index contributed by atoms with van der Waals surface area (Å²) in [5.41, 5.74) is 2.70. The van der Waals surface area contributed by atoms with Crippen molar-refractivity contribution in [1.82, 2.24) is 29.3 Å². The fraction of sp³-hybridized carbons (Fsp3) is 0.375. The highest BCUT2D eigenvalue weighted by atomic mass is 35.5. The summed E-state index contributed by atoms with van der Waals surface area (Å²) in [5.74, 6) is -0.686. The summed E-state index contributed by atoms with van der Waals surface area (Å²) in [5, 5.41) is 25.7. The second-order valence-corrected chi connectivity index (χ2v) is 6.52. The first kappa shape index (κ1) is 19.5. The van der Waals surface area contributed by atoms with Crippen molar-refractivity contribution in [1.29, 1.82) is 0 Å². The number of amides is 1. The summed E-state index contributed by atoms with van der Waals surface area (Å²) in [7, 11) is 0. The number of carbonyl (C=O) groups is 1. The number of carbonyl (C=O) groups excluding carboxylic acids is 1. The maximum Gasteiger partial charge on any atom is 0.408 e. The van der Waals surface area contributed by atoms with Gasteiger partial charge in [0, 0.05) is 30.4 Å². The summed E-state index contributed by atoms with van der Waals surface area (Å²) in [6.07, 6.45) is 6.52. The minimum atomic E-state index is -0.667. The van der Waals surface area contributed by atoms with Gasteiger partial charge in [0.1, 0.15) is 0 Å². The number of nitro groups is 1. The number of nitrogens with zero attached hydrogens (tertiary/aromatic N) is 7. The number of anilines is 1. The molecule has 12 heteroatoms. The van der Waals surface area contributed by atoms with E-state index in [1.165, 1.54) is 10.9 Å². The minimum absolute atomic E-state index is 0.0617. The maximum absolute atomic E-state index is 12.1. The molecule has 0 aliphatic rings. The van der Waals surface area contributed by atoms with Crippen molar-refractivity contribution in [3.63, 3.8) is 0 Å². The molecule has 0 saturated heterocycles. The number of aryl methyl sites for hydroxylation is 2. The molecule has 0 aliphatic heterocycles. The third kappa shape index (κ3) is 4.36. The van der Waals surface area contributed by atoms with E-state index in [1.807, 2.05) is 24.7 Å². The molecule has 0 saturated carbocycles. The van der Waals surface area contributed by atoms with E-state index in [4.69, 9.17) is 11.6 Å². The van der Waals surface area contributed by atoms with Crippen LogP contribution in [0.25, 0.3) is 0 Å². The predicted octanol–water partition coefficient (Wildman–Crippen LogP) is 2.24. The van der Waals surface area contributed by atoms with Gasteiger partial charge in [-0.3, -0.25) is 14.2 Å². The van der Waals surface area contributed by atoms with Gasteiger partial charge in [0.2, 0.25) is 5.91 Å². The number of halogens is 1.